The molecule has 6 aromatic rings. The lowest BCUT2D eigenvalue weighted by Crippen LogP contribution is -2.20. The normalized spacial score (nSPS) is 11.7. The maximum absolute atomic E-state index is 13.4. The molecule has 0 aliphatic rings. The van der Waals surface area contributed by atoms with Crippen molar-refractivity contribution < 1.29 is 8.81 Å². The molecule has 6 rings (SSSR count). The molecule has 0 unspecified atom stereocenters. The molecule has 3 heterocycles. The molecule has 0 amide bonds. The zero-order valence-electron chi connectivity index (χ0n) is 18.1. The highest BCUT2D eigenvalue weighted by molar-refractivity contribution is 6.31. The molecule has 0 saturated carbocycles. The minimum Gasteiger partial charge on any atom is -0.453 e. The standard InChI is InChI=1S/C27H16ClFN4O2/c28-18-7-12-24-17(14-18)15-25(35-24)26-31-23-6-2-1-5-22(23)27(34)33(26)30-16-21-4-3-13-32(21)20-10-8-19(29)9-11-20/h1-16H. The van der Waals surface area contributed by atoms with E-state index in [-0.39, 0.29) is 17.2 Å². The number of fused-ring (bicyclic) bond motifs is 2. The third-order valence-corrected chi connectivity index (χ3v) is 5.88. The molecule has 0 saturated heterocycles. The molecule has 3 aromatic heterocycles. The quantitative estimate of drug-likeness (QED) is 0.278. The summed E-state index contributed by atoms with van der Waals surface area (Å²) < 4.78 is 22.4. The van der Waals surface area contributed by atoms with Gasteiger partial charge in [0.15, 0.2) is 5.76 Å². The molecule has 0 atom stereocenters. The van der Waals surface area contributed by atoms with E-state index in [1.807, 2.05) is 29.0 Å². The summed E-state index contributed by atoms with van der Waals surface area (Å²) in [6.07, 6.45) is 3.39. The van der Waals surface area contributed by atoms with Crippen molar-refractivity contribution in [3.63, 3.8) is 0 Å². The molecular weight excluding hydrogens is 467 g/mol. The van der Waals surface area contributed by atoms with Crippen LogP contribution in [-0.2, 0) is 0 Å². The monoisotopic (exact) mass is 482 g/mol. The van der Waals surface area contributed by atoms with Crippen LogP contribution in [0.4, 0.5) is 4.39 Å². The second-order valence-corrected chi connectivity index (χ2v) is 8.32. The highest BCUT2D eigenvalue weighted by Crippen LogP contribution is 2.29. The first-order chi connectivity index (χ1) is 17.1. The van der Waals surface area contributed by atoms with Crippen LogP contribution in [0.15, 0.2) is 105 Å². The number of nitrogens with zero attached hydrogens (tertiary/aromatic N) is 4. The summed E-state index contributed by atoms with van der Waals surface area (Å²) in [5, 5.41) is 6.30. The lowest BCUT2D eigenvalue weighted by atomic mass is 10.2. The smallest absolute Gasteiger partial charge is 0.282 e. The van der Waals surface area contributed by atoms with Crippen molar-refractivity contribution in [1.29, 1.82) is 0 Å². The lowest BCUT2D eigenvalue weighted by Gasteiger charge is -2.08. The number of rotatable bonds is 4. The van der Waals surface area contributed by atoms with E-state index < -0.39 is 0 Å². The Hall–Kier alpha value is -4.49. The van der Waals surface area contributed by atoms with Gasteiger partial charge in [0.05, 0.1) is 22.8 Å². The molecule has 35 heavy (non-hydrogen) atoms. The predicted octanol–water partition coefficient (Wildman–Crippen LogP) is 6.28. The molecule has 3 aromatic carbocycles. The second-order valence-electron chi connectivity index (χ2n) is 7.89. The van der Waals surface area contributed by atoms with Crippen molar-refractivity contribution in [2.45, 2.75) is 0 Å². The molecule has 0 N–H and O–H groups in total. The fraction of sp³-hybridized carbons (Fsp3) is 0. The SMILES string of the molecule is O=c1c2ccccc2nc(-c2cc3cc(Cl)ccc3o2)n1N=Cc1cccn1-c1ccc(F)cc1. The van der Waals surface area contributed by atoms with E-state index in [0.29, 0.717) is 33.0 Å². The van der Waals surface area contributed by atoms with Gasteiger partial charge in [0.1, 0.15) is 11.4 Å². The fourth-order valence-electron chi connectivity index (χ4n) is 3.97. The Bertz CT molecular complexity index is 1800. The highest BCUT2D eigenvalue weighted by Gasteiger charge is 2.16. The fourth-order valence-corrected chi connectivity index (χ4v) is 4.15. The molecular formula is C27H16ClFN4O2. The number of benzene rings is 3. The zero-order chi connectivity index (χ0) is 23.9. The van der Waals surface area contributed by atoms with E-state index in [9.17, 15) is 9.18 Å². The van der Waals surface area contributed by atoms with Gasteiger partial charge in [0.2, 0.25) is 5.82 Å². The van der Waals surface area contributed by atoms with Gasteiger partial charge in [-0.25, -0.2) is 9.37 Å². The number of halogens is 2. The minimum absolute atomic E-state index is 0.261. The van der Waals surface area contributed by atoms with E-state index >= 15 is 0 Å². The first kappa shape index (κ1) is 21.1. The van der Waals surface area contributed by atoms with Crippen LogP contribution in [0.5, 0.6) is 0 Å². The van der Waals surface area contributed by atoms with Crippen molar-refractivity contribution in [2.24, 2.45) is 5.10 Å². The lowest BCUT2D eigenvalue weighted by molar-refractivity contribution is 0.616. The van der Waals surface area contributed by atoms with Crippen LogP contribution in [0.2, 0.25) is 5.02 Å². The number of para-hydroxylation sites is 1. The Kier molecular flexibility index (Phi) is 5.04. The van der Waals surface area contributed by atoms with Gasteiger partial charge >= 0.3 is 0 Å². The first-order valence-corrected chi connectivity index (χ1v) is 11.1. The zero-order valence-corrected chi connectivity index (χ0v) is 18.9. The number of hydrogen-bond acceptors (Lipinski definition) is 4. The molecule has 0 aliphatic heterocycles. The molecule has 0 fully saturated rings. The summed E-state index contributed by atoms with van der Waals surface area (Å²) >= 11 is 6.13. The Morgan fingerprint density at radius 2 is 1.80 bits per heavy atom. The average molecular weight is 483 g/mol. The number of hydrogen-bond donors (Lipinski definition) is 0. The van der Waals surface area contributed by atoms with Gasteiger partial charge in [-0.1, -0.05) is 23.7 Å². The highest BCUT2D eigenvalue weighted by atomic mass is 35.5. The topological polar surface area (TPSA) is 65.3 Å². The molecule has 170 valence electrons. The molecule has 0 spiro atoms. The maximum Gasteiger partial charge on any atom is 0.282 e. The van der Waals surface area contributed by atoms with Crippen LogP contribution < -0.4 is 5.56 Å². The summed E-state index contributed by atoms with van der Waals surface area (Å²) in [7, 11) is 0. The van der Waals surface area contributed by atoms with Gasteiger partial charge in [-0.15, -0.1) is 0 Å². The first-order valence-electron chi connectivity index (χ1n) is 10.8. The number of aromatic nitrogens is 3. The Morgan fingerprint density at radius 3 is 2.66 bits per heavy atom. The van der Waals surface area contributed by atoms with Gasteiger partial charge < -0.3 is 8.98 Å². The third-order valence-electron chi connectivity index (χ3n) is 5.64. The van der Waals surface area contributed by atoms with E-state index in [1.165, 1.54) is 16.8 Å². The number of furan rings is 1. The van der Waals surface area contributed by atoms with Crippen LogP contribution in [0.3, 0.4) is 0 Å². The molecule has 0 bridgehead atoms. The predicted molar refractivity (Wildman–Crippen MR) is 135 cm³/mol. The van der Waals surface area contributed by atoms with Crippen LogP contribution in [0.25, 0.3) is 39.1 Å². The minimum atomic E-state index is -0.333. The van der Waals surface area contributed by atoms with Crippen molar-refractivity contribution in [1.82, 2.24) is 14.2 Å². The Morgan fingerprint density at radius 1 is 0.971 bits per heavy atom. The summed E-state index contributed by atoms with van der Waals surface area (Å²) in [6.45, 7) is 0. The van der Waals surface area contributed by atoms with Gasteiger partial charge in [0, 0.05) is 22.3 Å². The third kappa shape index (κ3) is 3.82. The summed E-state index contributed by atoms with van der Waals surface area (Å²) in [6, 6.07) is 23.9. The van der Waals surface area contributed by atoms with E-state index in [1.54, 1.807) is 60.8 Å². The largest absolute Gasteiger partial charge is 0.453 e. The average Bonchev–Trinajstić information content (AvgIpc) is 3.50. The van der Waals surface area contributed by atoms with Crippen LogP contribution in [0, 0.1) is 5.82 Å². The molecule has 8 heteroatoms. The van der Waals surface area contributed by atoms with Gasteiger partial charge in [0.25, 0.3) is 5.56 Å². The van der Waals surface area contributed by atoms with Gasteiger partial charge in [-0.2, -0.15) is 9.78 Å². The van der Waals surface area contributed by atoms with Crippen LogP contribution in [0.1, 0.15) is 5.69 Å². The van der Waals surface area contributed by atoms with E-state index in [2.05, 4.69) is 10.1 Å². The van der Waals surface area contributed by atoms with Gasteiger partial charge in [-0.3, -0.25) is 4.79 Å². The van der Waals surface area contributed by atoms with Gasteiger partial charge in [-0.05, 0) is 72.8 Å². The Balaban J connectivity index is 1.52. The van der Waals surface area contributed by atoms with Crippen molar-refractivity contribution in [3.8, 4) is 17.3 Å². The van der Waals surface area contributed by atoms with Crippen molar-refractivity contribution in [3.05, 3.63) is 118 Å². The summed E-state index contributed by atoms with van der Waals surface area (Å²) in [4.78, 5) is 18.1. The molecule has 0 radical (unpaired) electrons. The molecule has 0 aliphatic carbocycles. The van der Waals surface area contributed by atoms with Crippen molar-refractivity contribution in [2.75, 3.05) is 0 Å². The second kappa shape index (κ2) is 8.38. The van der Waals surface area contributed by atoms with Crippen LogP contribution >= 0.6 is 11.6 Å². The van der Waals surface area contributed by atoms with E-state index in [4.69, 9.17) is 16.0 Å². The summed E-state index contributed by atoms with van der Waals surface area (Å²) in [5.41, 5.74) is 2.27. The summed E-state index contributed by atoms with van der Waals surface area (Å²) in [5.74, 6) is 0.329. The molecule has 6 nitrogen and oxygen atoms in total. The maximum atomic E-state index is 13.4. The Labute approximate surface area is 203 Å². The van der Waals surface area contributed by atoms with Crippen LogP contribution in [-0.4, -0.2) is 20.4 Å². The van der Waals surface area contributed by atoms with E-state index in [0.717, 1.165) is 11.1 Å². The van der Waals surface area contributed by atoms with Crippen molar-refractivity contribution >= 4 is 39.7 Å².